The molecule has 1 aliphatic rings. The Kier molecular flexibility index (Phi) is 2.81. The summed E-state index contributed by atoms with van der Waals surface area (Å²) >= 11 is 6.02. The molecular formula is C14H18ClN3. The number of alkyl halides is 1. The van der Waals surface area contributed by atoms with Crippen LogP contribution in [0.4, 0.5) is 0 Å². The average Bonchev–Trinajstić information content (AvgIpc) is 3.07. The van der Waals surface area contributed by atoms with Gasteiger partial charge in [-0.05, 0) is 43.2 Å². The first kappa shape index (κ1) is 12.0. The molecule has 0 saturated heterocycles. The van der Waals surface area contributed by atoms with Crippen molar-refractivity contribution < 1.29 is 0 Å². The molecular weight excluding hydrogens is 246 g/mol. The van der Waals surface area contributed by atoms with Crippen molar-refractivity contribution in [3.63, 3.8) is 0 Å². The molecule has 0 spiro atoms. The van der Waals surface area contributed by atoms with Crippen LogP contribution < -0.4 is 0 Å². The van der Waals surface area contributed by atoms with Crippen molar-refractivity contribution in [3.05, 3.63) is 23.7 Å². The Hall–Kier alpha value is -1.09. The molecule has 2 heterocycles. The summed E-state index contributed by atoms with van der Waals surface area (Å²) in [6.07, 6.45) is 5.76. The van der Waals surface area contributed by atoms with Gasteiger partial charge in [0.1, 0.15) is 11.3 Å². The van der Waals surface area contributed by atoms with Crippen molar-refractivity contribution in [2.24, 2.45) is 5.41 Å². The van der Waals surface area contributed by atoms with Gasteiger partial charge in [-0.3, -0.25) is 0 Å². The van der Waals surface area contributed by atoms with Gasteiger partial charge in [-0.15, -0.1) is 11.6 Å². The van der Waals surface area contributed by atoms with Gasteiger partial charge in [0.05, 0.1) is 5.88 Å². The van der Waals surface area contributed by atoms with Crippen LogP contribution in [-0.2, 0) is 12.4 Å². The average molecular weight is 264 g/mol. The van der Waals surface area contributed by atoms with Crippen molar-refractivity contribution in [2.75, 3.05) is 0 Å². The third-order valence-electron chi connectivity index (χ3n) is 4.12. The molecule has 0 aromatic carbocycles. The third-order valence-corrected chi connectivity index (χ3v) is 4.36. The zero-order chi connectivity index (χ0) is 12.8. The number of aromatic nitrogens is 3. The van der Waals surface area contributed by atoms with E-state index in [1.807, 2.05) is 13.1 Å². The lowest BCUT2D eigenvalue weighted by atomic mass is 10.0. The molecule has 0 radical (unpaired) electrons. The van der Waals surface area contributed by atoms with Crippen LogP contribution in [0.25, 0.3) is 11.2 Å². The van der Waals surface area contributed by atoms with E-state index < -0.39 is 0 Å². The number of fused-ring (bicyclic) bond motifs is 1. The number of pyridine rings is 1. The van der Waals surface area contributed by atoms with E-state index in [1.54, 1.807) is 0 Å². The molecule has 18 heavy (non-hydrogen) atoms. The van der Waals surface area contributed by atoms with Crippen molar-refractivity contribution in [2.45, 2.75) is 45.5 Å². The molecule has 0 amide bonds. The maximum Gasteiger partial charge on any atom is 0.160 e. The third kappa shape index (κ3) is 1.91. The second kappa shape index (κ2) is 4.23. The normalized spacial score (nSPS) is 17.3. The van der Waals surface area contributed by atoms with Crippen molar-refractivity contribution in [3.8, 4) is 0 Å². The molecule has 1 saturated carbocycles. The number of imidazole rings is 1. The number of hydrogen-bond acceptors (Lipinski definition) is 2. The van der Waals surface area contributed by atoms with E-state index in [2.05, 4.69) is 27.5 Å². The molecule has 2 aromatic rings. The van der Waals surface area contributed by atoms with Crippen LogP contribution >= 0.6 is 11.6 Å². The van der Waals surface area contributed by atoms with E-state index >= 15 is 0 Å². The predicted octanol–water partition coefficient (Wildman–Crippen LogP) is 3.67. The Morgan fingerprint density at radius 3 is 2.83 bits per heavy atom. The molecule has 1 aliphatic carbocycles. The molecule has 96 valence electrons. The van der Waals surface area contributed by atoms with Gasteiger partial charge in [-0.1, -0.05) is 6.92 Å². The zero-order valence-electron chi connectivity index (χ0n) is 10.9. The molecule has 3 nitrogen and oxygen atoms in total. The number of nitrogens with zero attached hydrogens (tertiary/aromatic N) is 3. The molecule has 0 bridgehead atoms. The van der Waals surface area contributed by atoms with E-state index in [0.717, 1.165) is 29.1 Å². The quantitative estimate of drug-likeness (QED) is 0.788. The summed E-state index contributed by atoms with van der Waals surface area (Å²) in [4.78, 5) is 9.14. The standard InChI is InChI=1S/C14H18ClN3/c1-3-14(4-5-14)9-18-12(7-15)17-11-6-10(2)8-16-13(11)18/h6,8H,3-5,7,9H2,1-2H3. The molecule has 0 aliphatic heterocycles. The Labute approximate surface area is 112 Å². The minimum Gasteiger partial charge on any atom is -0.311 e. The smallest absolute Gasteiger partial charge is 0.160 e. The van der Waals surface area contributed by atoms with Crippen LogP contribution in [-0.4, -0.2) is 14.5 Å². The Balaban J connectivity index is 2.08. The van der Waals surface area contributed by atoms with Gasteiger partial charge in [0, 0.05) is 12.7 Å². The Bertz CT molecular complexity index is 584. The highest BCUT2D eigenvalue weighted by Crippen LogP contribution is 2.50. The number of halogens is 1. The fraction of sp³-hybridized carbons (Fsp3) is 0.571. The van der Waals surface area contributed by atoms with E-state index in [-0.39, 0.29) is 0 Å². The number of hydrogen-bond donors (Lipinski definition) is 0. The fourth-order valence-electron chi connectivity index (χ4n) is 2.56. The van der Waals surface area contributed by atoms with Crippen LogP contribution in [0.3, 0.4) is 0 Å². The van der Waals surface area contributed by atoms with Gasteiger partial charge in [0.2, 0.25) is 0 Å². The topological polar surface area (TPSA) is 30.7 Å². The summed E-state index contributed by atoms with van der Waals surface area (Å²) in [5.41, 5.74) is 3.57. The fourth-order valence-corrected chi connectivity index (χ4v) is 2.77. The summed E-state index contributed by atoms with van der Waals surface area (Å²) in [5.74, 6) is 1.40. The molecule has 0 unspecified atom stereocenters. The van der Waals surface area contributed by atoms with Gasteiger partial charge in [-0.2, -0.15) is 0 Å². The SMILES string of the molecule is CCC1(Cn2c(CCl)nc3cc(C)cnc32)CC1. The second-order valence-electron chi connectivity index (χ2n) is 5.46. The highest BCUT2D eigenvalue weighted by atomic mass is 35.5. The van der Waals surface area contributed by atoms with E-state index in [9.17, 15) is 0 Å². The maximum atomic E-state index is 6.02. The molecule has 1 fully saturated rings. The zero-order valence-corrected chi connectivity index (χ0v) is 11.7. The van der Waals surface area contributed by atoms with Crippen LogP contribution in [0.2, 0.25) is 0 Å². The summed E-state index contributed by atoms with van der Waals surface area (Å²) < 4.78 is 2.22. The van der Waals surface area contributed by atoms with Crippen molar-refractivity contribution >= 4 is 22.8 Å². The lowest BCUT2D eigenvalue weighted by Gasteiger charge is -2.15. The van der Waals surface area contributed by atoms with Crippen LogP contribution in [0, 0.1) is 12.3 Å². The Morgan fingerprint density at radius 2 is 2.22 bits per heavy atom. The van der Waals surface area contributed by atoms with Crippen molar-refractivity contribution in [1.82, 2.24) is 14.5 Å². The first-order valence-electron chi connectivity index (χ1n) is 6.55. The lowest BCUT2D eigenvalue weighted by Crippen LogP contribution is -2.13. The highest BCUT2D eigenvalue weighted by molar-refractivity contribution is 6.16. The van der Waals surface area contributed by atoms with Gasteiger partial charge in [0.25, 0.3) is 0 Å². The lowest BCUT2D eigenvalue weighted by molar-refractivity contribution is 0.408. The molecule has 2 aromatic heterocycles. The molecule has 0 atom stereocenters. The molecule has 3 rings (SSSR count). The van der Waals surface area contributed by atoms with Crippen molar-refractivity contribution in [1.29, 1.82) is 0 Å². The predicted molar refractivity (Wildman–Crippen MR) is 73.8 cm³/mol. The van der Waals surface area contributed by atoms with Crippen LogP contribution in [0.15, 0.2) is 12.3 Å². The Morgan fingerprint density at radius 1 is 1.44 bits per heavy atom. The monoisotopic (exact) mass is 263 g/mol. The minimum atomic E-state index is 0.454. The first-order valence-corrected chi connectivity index (χ1v) is 7.09. The van der Waals surface area contributed by atoms with Gasteiger partial charge < -0.3 is 4.57 Å². The van der Waals surface area contributed by atoms with Gasteiger partial charge in [-0.25, -0.2) is 9.97 Å². The number of aryl methyl sites for hydroxylation is 1. The van der Waals surface area contributed by atoms with Crippen LogP contribution in [0.1, 0.15) is 37.6 Å². The minimum absolute atomic E-state index is 0.454. The first-order chi connectivity index (χ1) is 8.67. The van der Waals surface area contributed by atoms with E-state index in [0.29, 0.717) is 11.3 Å². The summed E-state index contributed by atoms with van der Waals surface area (Å²) in [6, 6.07) is 2.08. The van der Waals surface area contributed by atoms with E-state index in [1.165, 1.54) is 19.3 Å². The number of rotatable bonds is 4. The summed E-state index contributed by atoms with van der Waals surface area (Å²) in [6.45, 7) is 5.32. The largest absolute Gasteiger partial charge is 0.311 e. The maximum absolute atomic E-state index is 6.02. The molecule has 0 N–H and O–H groups in total. The van der Waals surface area contributed by atoms with Gasteiger partial charge >= 0.3 is 0 Å². The van der Waals surface area contributed by atoms with E-state index in [4.69, 9.17) is 11.6 Å². The second-order valence-corrected chi connectivity index (χ2v) is 5.72. The van der Waals surface area contributed by atoms with Crippen LogP contribution in [0.5, 0.6) is 0 Å². The summed E-state index contributed by atoms with van der Waals surface area (Å²) in [7, 11) is 0. The summed E-state index contributed by atoms with van der Waals surface area (Å²) in [5, 5.41) is 0. The highest BCUT2D eigenvalue weighted by Gasteiger charge is 2.41. The molecule has 4 heteroatoms. The van der Waals surface area contributed by atoms with Gasteiger partial charge in [0.15, 0.2) is 5.65 Å².